The van der Waals surface area contributed by atoms with Gasteiger partial charge in [0.1, 0.15) is 0 Å². The van der Waals surface area contributed by atoms with Crippen molar-refractivity contribution in [3.05, 3.63) is 0 Å². The smallest absolute Gasteiger partial charge is 0.0933 e. The van der Waals surface area contributed by atoms with Crippen molar-refractivity contribution >= 4 is 5.84 Å². The van der Waals surface area contributed by atoms with Crippen LogP contribution in [0.4, 0.5) is 0 Å². The Morgan fingerprint density at radius 3 is 2.50 bits per heavy atom. The maximum Gasteiger partial charge on any atom is 0.0933 e. The highest BCUT2D eigenvalue weighted by Gasteiger charge is 1.91. The first-order chi connectivity index (χ1) is 4.66. The number of nitrogens with one attached hydrogen (secondary N) is 1. The van der Waals surface area contributed by atoms with Crippen LogP contribution in [0, 0.1) is 0 Å². The Bertz CT molecular complexity index is 106. The maximum atomic E-state index is 4.29. The van der Waals surface area contributed by atoms with Crippen molar-refractivity contribution in [2.75, 3.05) is 6.54 Å². The molecule has 0 aromatic rings. The summed E-state index contributed by atoms with van der Waals surface area (Å²) in [5.74, 6) is 1.05. The summed E-state index contributed by atoms with van der Waals surface area (Å²) in [5, 5.41) is 3.23. The fourth-order valence-corrected chi connectivity index (χ4v) is 0.743. The highest BCUT2D eigenvalue weighted by atomic mass is 15.0. The molecule has 1 N–H and O–H groups in total. The van der Waals surface area contributed by atoms with E-state index in [0.717, 1.165) is 18.8 Å². The van der Waals surface area contributed by atoms with E-state index in [1.54, 1.807) is 0 Å². The van der Waals surface area contributed by atoms with Crippen LogP contribution in [0.2, 0.25) is 0 Å². The molecule has 0 aromatic carbocycles. The van der Waals surface area contributed by atoms with Gasteiger partial charge in [-0.2, -0.15) is 0 Å². The Morgan fingerprint density at radius 2 is 2.10 bits per heavy atom. The molecule has 0 spiro atoms. The fourth-order valence-electron chi connectivity index (χ4n) is 0.743. The Hall–Kier alpha value is -0.530. The summed E-state index contributed by atoms with van der Waals surface area (Å²) in [6, 6.07) is 0.501. The molecule has 10 heavy (non-hydrogen) atoms. The van der Waals surface area contributed by atoms with Gasteiger partial charge in [0.15, 0.2) is 0 Å². The van der Waals surface area contributed by atoms with Gasteiger partial charge in [-0.05, 0) is 27.2 Å². The first kappa shape index (κ1) is 9.47. The quantitative estimate of drug-likeness (QED) is 0.471. The highest BCUT2D eigenvalue weighted by Crippen LogP contribution is 1.82. The van der Waals surface area contributed by atoms with Crippen molar-refractivity contribution in [1.29, 1.82) is 0 Å². The summed E-state index contributed by atoms with van der Waals surface area (Å²) >= 11 is 0. The van der Waals surface area contributed by atoms with Crippen LogP contribution in [0.15, 0.2) is 4.99 Å². The van der Waals surface area contributed by atoms with Crippen molar-refractivity contribution < 1.29 is 0 Å². The molecular formula is C8H18N2. The van der Waals surface area contributed by atoms with Gasteiger partial charge in [-0.3, -0.25) is 4.99 Å². The first-order valence-corrected chi connectivity index (χ1v) is 3.94. The maximum absolute atomic E-state index is 4.29. The molecule has 0 aromatic heterocycles. The van der Waals surface area contributed by atoms with E-state index in [2.05, 4.69) is 31.1 Å². The zero-order chi connectivity index (χ0) is 7.98. The third-order valence-corrected chi connectivity index (χ3v) is 1.07. The lowest BCUT2D eigenvalue weighted by Gasteiger charge is -2.08. The summed E-state index contributed by atoms with van der Waals surface area (Å²) < 4.78 is 0. The summed E-state index contributed by atoms with van der Waals surface area (Å²) in [5.41, 5.74) is 0. The lowest BCUT2D eigenvalue weighted by molar-refractivity contribution is 0.725. The summed E-state index contributed by atoms with van der Waals surface area (Å²) in [6.07, 6.45) is 1.12. The molecule has 0 bridgehead atoms. The second kappa shape index (κ2) is 5.27. The van der Waals surface area contributed by atoms with Crippen LogP contribution in [-0.4, -0.2) is 18.4 Å². The molecule has 0 unspecified atom stereocenters. The van der Waals surface area contributed by atoms with E-state index >= 15 is 0 Å². The van der Waals surface area contributed by atoms with E-state index < -0.39 is 0 Å². The number of nitrogens with zero attached hydrogens (tertiary/aromatic N) is 1. The average molecular weight is 142 g/mol. The highest BCUT2D eigenvalue weighted by molar-refractivity contribution is 5.79. The average Bonchev–Trinajstić information content (AvgIpc) is 1.82. The molecule has 0 aliphatic carbocycles. The number of aliphatic imine (C=N–C) groups is 1. The van der Waals surface area contributed by atoms with Crippen LogP contribution in [0.25, 0.3) is 0 Å². The third-order valence-electron chi connectivity index (χ3n) is 1.07. The van der Waals surface area contributed by atoms with Crippen molar-refractivity contribution in [1.82, 2.24) is 5.32 Å². The van der Waals surface area contributed by atoms with Crippen LogP contribution in [-0.2, 0) is 0 Å². The largest absolute Gasteiger partial charge is 0.372 e. The number of rotatable bonds is 3. The lowest BCUT2D eigenvalue weighted by Crippen LogP contribution is -2.27. The first-order valence-electron chi connectivity index (χ1n) is 3.94. The normalized spacial score (nSPS) is 12.3. The molecule has 0 saturated carbocycles. The van der Waals surface area contributed by atoms with Crippen molar-refractivity contribution in [2.45, 2.75) is 40.2 Å². The number of hydrogen-bond acceptors (Lipinski definition) is 1. The van der Waals surface area contributed by atoms with Gasteiger partial charge in [-0.15, -0.1) is 0 Å². The molecule has 0 saturated heterocycles. The molecule has 0 fully saturated rings. The second-order valence-corrected chi connectivity index (χ2v) is 2.77. The standard InChI is InChI=1S/C8H18N2/c1-5-6-9-8(4)10-7(2)3/h7H,5-6H2,1-4H3,(H,9,10). The van der Waals surface area contributed by atoms with Crippen LogP contribution in [0.3, 0.4) is 0 Å². The van der Waals surface area contributed by atoms with Gasteiger partial charge in [0, 0.05) is 12.6 Å². The van der Waals surface area contributed by atoms with Crippen molar-refractivity contribution in [2.24, 2.45) is 4.99 Å². The Balaban J connectivity index is 3.49. The molecule has 0 aliphatic heterocycles. The molecule has 0 radical (unpaired) electrons. The number of hydrogen-bond donors (Lipinski definition) is 1. The monoisotopic (exact) mass is 142 g/mol. The second-order valence-electron chi connectivity index (χ2n) is 2.77. The minimum absolute atomic E-state index is 0.501. The molecule has 0 aliphatic rings. The Labute approximate surface area is 63.7 Å². The minimum Gasteiger partial charge on any atom is -0.372 e. The molecule has 0 heterocycles. The summed E-state index contributed by atoms with van der Waals surface area (Å²) in [7, 11) is 0. The Morgan fingerprint density at radius 1 is 1.50 bits per heavy atom. The van der Waals surface area contributed by atoms with Crippen molar-refractivity contribution in [3.8, 4) is 0 Å². The molecule has 0 rings (SSSR count). The van der Waals surface area contributed by atoms with Crippen LogP contribution in [0.1, 0.15) is 34.1 Å². The van der Waals surface area contributed by atoms with Crippen molar-refractivity contribution in [3.63, 3.8) is 0 Å². The predicted octanol–water partition coefficient (Wildman–Crippen LogP) is 1.81. The summed E-state index contributed by atoms with van der Waals surface area (Å²) in [6.45, 7) is 9.31. The van der Waals surface area contributed by atoms with Crippen LogP contribution in [0.5, 0.6) is 0 Å². The van der Waals surface area contributed by atoms with Gasteiger partial charge in [0.05, 0.1) is 5.84 Å². The van der Waals surface area contributed by atoms with E-state index in [9.17, 15) is 0 Å². The molecule has 0 atom stereocenters. The van der Waals surface area contributed by atoms with Gasteiger partial charge in [0.2, 0.25) is 0 Å². The van der Waals surface area contributed by atoms with Gasteiger partial charge in [-0.1, -0.05) is 6.92 Å². The fraction of sp³-hybridized carbons (Fsp3) is 0.875. The van der Waals surface area contributed by atoms with Crippen LogP contribution >= 0.6 is 0 Å². The molecule has 0 amide bonds. The van der Waals surface area contributed by atoms with Gasteiger partial charge in [-0.25, -0.2) is 0 Å². The zero-order valence-electron chi connectivity index (χ0n) is 7.44. The topological polar surface area (TPSA) is 24.4 Å². The molecule has 2 heteroatoms. The molecule has 2 nitrogen and oxygen atoms in total. The van der Waals surface area contributed by atoms with Gasteiger partial charge < -0.3 is 5.32 Å². The van der Waals surface area contributed by atoms with E-state index in [-0.39, 0.29) is 0 Å². The Kier molecular flexibility index (Phi) is 4.99. The van der Waals surface area contributed by atoms with Gasteiger partial charge >= 0.3 is 0 Å². The van der Waals surface area contributed by atoms with Crippen LogP contribution < -0.4 is 5.32 Å². The molecule has 60 valence electrons. The molecular weight excluding hydrogens is 124 g/mol. The minimum atomic E-state index is 0.501. The van der Waals surface area contributed by atoms with E-state index in [4.69, 9.17) is 0 Å². The van der Waals surface area contributed by atoms with E-state index in [1.807, 2.05) is 6.92 Å². The van der Waals surface area contributed by atoms with Gasteiger partial charge in [0.25, 0.3) is 0 Å². The predicted molar refractivity (Wildman–Crippen MR) is 46.5 cm³/mol. The van der Waals surface area contributed by atoms with E-state index in [0.29, 0.717) is 6.04 Å². The third kappa shape index (κ3) is 5.60. The number of amidine groups is 1. The van der Waals surface area contributed by atoms with E-state index in [1.165, 1.54) is 0 Å². The SMILES string of the molecule is CCCN=C(C)NC(C)C. The summed E-state index contributed by atoms with van der Waals surface area (Å²) in [4.78, 5) is 4.29. The lowest BCUT2D eigenvalue weighted by atomic mass is 10.4. The zero-order valence-corrected chi connectivity index (χ0v) is 7.44.